The average molecular weight is 224 g/mol. The third-order valence-corrected chi connectivity index (χ3v) is 4.62. The highest BCUT2D eigenvalue weighted by Gasteiger charge is 2.42. The van der Waals surface area contributed by atoms with Crippen LogP contribution in [-0.4, -0.2) is 42.3 Å². The maximum atomic E-state index is 6.32. The van der Waals surface area contributed by atoms with Gasteiger partial charge in [-0.25, -0.2) is 0 Å². The van der Waals surface area contributed by atoms with Crippen LogP contribution in [0.15, 0.2) is 0 Å². The fraction of sp³-hybridized carbons (Fsp3) is 1.00. The van der Waals surface area contributed by atoms with Crippen LogP contribution in [0, 0.1) is 0 Å². The van der Waals surface area contributed by atoms with Crippen molar-refractivity contribution in [1.82, 2.24) is 4.90 Å². The van der Waals surface area contributed by atoms with E-state index in [1.54, 1.807) is 0 Å². The first kappa shape index (κ1) is 11.0. The third-order valence-electron chi connectivity index (χ3n) is 4.62. The van der Waals surface area contributed by atoms with Crippen LogP contribution in [0.4, 0.5) is 0 Å². The number of hydrogen-bond acceptors (Lipinski definition) is 3. The Labute approximate surface area is 98.3 Å². The summed E-state index contributed by atoms with van der Waals surface area (Å²) >= 11 is 0. The van der Waals surface area contributed by atoms with E-state index in [1.807, 2.05) is 0 Å². The summed E-state index contributed by atoms with van der Waals surface area (Å²) in [5.41, 5.74) is 6.23. The molecule has 92 valence electrons. The van der Waals surface area contributed by atoms with Crippen molar-refractivity contribution in [3.63, 3.8) is 0 Å². The summed E-state index contributed by atoms with van der Waals surface area (Å²) < 4.78 is 6.32. The Bertz CT molecular complexity index is 250. The molecular weight excluding hydrogens is 200 g/mol. The second-order valence-corrected chi connectivity index (χ2v) is 5.98. The topological polar surface area (TPSA) is 38.5 Å². The van der Waals surface area contributed by atoms with Crippen molar-refractivity contribution in [2.24, 2.45) is 5.73 Å². The van der Waals surface area contributed by atoms with E-state index in [9.17, 15) is 0 Å². The standard InChI is InChI=1S/C13H24N2O/c14-11-4-8-15(9-11)10-12-3-7-13(16-12)5-1-2-6-13/h11-12H,1-10,14H2. The van der Waals surface area contributed by atoms with Gasteiger partial charge >= 0.3 is 0 Å². The minimum atomic E-state index is 0.298. The lowest BCUT2D eigenvalue weighted by molar-refractivity contribution is -0.0453. The molecule has 0 radical (unpaired) electrons. The Kier molecular flexibility index (Phi) is 2.94. The van der Waals surface area contributed by atoms with Gasteiger partial charge in [-0.2, -0.15) is 0 Å². The number of nitrogens with zero attached hydrogens (tertiary/aromatic N) is 1. The monoisotopic (exact) mass is 224 g/mol. The molecule has 0 bridgehead atoms. The average Bonchev–Trinajstić information content (AvgIpc) is 2.94. The third kappa shape index (κ3) is 2.13. The van der Waals surface area contributed by atoms with Crippen LogP contribution in [-0.2, 0) is 4.74 Å². The molecule has 3 nitrogen and oxygen atoms in total. The van der Waals surface area contributed by atoms with Gasteiger partial charge in [0.05, 0.1) is 11.7 Å². The molecular formula is C13H24N2O. The number of nitrogens with two attached hydrogens (primary N) is 1. The predicted molar refractivity (Wildman–Crippen MR) is 64.3 cm³/mol. The minimum absolute atomic E-state index is 0.298. The van der Waals surface area contributed by atoms with Crippen LogP contribution in [0.2, 0.25) is 0 Å². The van der Waals surface area contributed by atoms with Crippen molar-refractivity contribution in [3.05, 3.63) is 0 Å². The molecule has 2 saturated heterocycles. The van der Waals surface area contributed by atoms with Gasteiger partial charge in [0.25, 0.3) is 0 Å². The smallest absolute Gasteiger partial charge is 0.0710 e. The molecule has 0 aromatic carbocycles. The van der Waals surface area contributed by atoms with Crippen LogP contribution < -0.4 is 5.73 Å². The maximum Gasteiger partial charge on any atom is 0.0710 e. The second-order valence-electron chi connectivity index (χ2n) is 5.98. The molecule has 1 saturated carbocycles. The predicted octanol–water partition coefficient (Wildman–Crippen LogP) is 1.51. The number of ether oxygens (including phenoxy) is 1. The zero-order chi connectivity index (χ0) is 11.0. The largest absolute Gasteiger partial charge is 0.370 e. The first-order chi connectivity index (χ1) is 7.76. The fourth-order valence-corrected chi connectivity index (χ4v) is 3.73. The van der Waals surface area contributed by atoms with Crippen LogP contribution in [0.3, 0.4) is 0 Å². The summed E-state index contributed by atoms with van der Waals surface area (Å²) in [5.74, 6) is 0. The molecule has 3 aliphatic rings. The van der Waals surface area contributed by atoms with Gasteiger partial charge in [-0.1, -0.05) is 12.8 Å². The lowest BCUT2D eigenvalue weighted by Gasteiger charge is -2.26. The van der Waals surface area contributed by atoms with Crippen LogP contribution >= 0.6 is 0 Å². The zero-order valence-electron chi connectivity index (χ0n) is 10.2. The molecule has 0 amide bonds. The molecule has 2 atom stereocenters. The summed E-state index contributed by atoms with van der Waals surface area (Å²) in [7, 11) is 0. The SMILES string of the molecule is NC1CCN(CC2CCC3(CCCC3)O2)C1. The molecule has 16 heavy (non-hydrogen) atoms. The van der Waals surface area contributed by atoms with Gasteiger partial charge in [-0.15, -0.1) is 0 Å². The maximum absolute atomic E-state index is 6.32. The van der Waals surface area contributed by atoms with Gasteiger partial charge in [0, 0.05) is 19.1 Å². The lowest BCUT2D eigenvalue weighted by Crippen LogP contribution is -2.34. The highest BCUT2D eigenvalue weighted by atomic mass is 16.5. The number of hydrogen-bond donors (Lipinski definition) is 1. The number of likely N-dealkylation sites (tertiary alicyclic amines) is 1. The second kappa shape index (κ2) is 4.28. The van der Waals surface area contributed by atoms with E-state index in [0.717, 1.165) is 19.5 Å². The normalized spacial score (nSPS) is 38.8. The molecule has 1 spiro atoms. The quantitative estimate of drug-likeness (QED) is 0.772. The first-order valence-corrected chi connectivity index (χ1v) is 6.92. The summed E-state index contributed by atoms with van der Waals surface area (Å²) in [6.07, 6.45) is 9.60. The van der Waals surface area contributed by atoms with Crippen LogP contribution in [0.25, 0.3) is 0 Å². The van der Waals surface area contributed by atoms with Gasteiger partial charge in [0.15, 0.2) is 0 Å². The highest BCUT2D eigenvalue weighted by Crippen LogP contribution is 2.43. The van der Waals surface area contributed by atoms with E-state index in [0.29, 0.717) is 17.7 Å². The van der Waals surface area contributed by atoms with E-state index in [1.165, 1.54) is 45.1 Å². The van der Waals surface area contributed by atoms with Gasteiger partial charge in [0.1, 0.15) is 0 Å². The number of rotatable bonds is 2. The van der Waals surface area contributed by atoms with Gasteiger partial charge in [-0.3, -0.25) is 4.90 Å². The summed E-state index contributed by atoms with van der Waals surface area (Å²) in [6.45, 7) is 3.37. The van der Waals surface area contributed by atoms with Crippen molar-refractivity contribution < 1.29 is 4.74 Å². The molecule has 2 N–H and O–H groups in total. The molecule has 3 heteroatoms. The Balaban J connectivity index is 1.50. The summed E-state index contributed by atoms with van der Waals surface area (Å²) in [6, 6.07) is 0.404. The summed E-state index contributed by atoms with van der Waals surface area (Å²) in [4.78, 5) is 2.49. The molecule has 0 aromatic rings. The Morgan fingerprint density at radius 1 is 1.19 bits per heavy atom. The molecule has 2 aliphatic heterocycles. The van der Waals surface area contributed by atoms with E-state index in [2.05, 4.69) is 4.90 Å². The Hall–Kier alpha value is -0.120. The van der Waals surface area contributed by atoms with Crippen LogP contribution in [0.5, 0.6) is 0 Å². The van der Waals surface area contributed by atoms with E-state index in [4.69, 9.17) is 10.5 Å². The fourth-order valence-electron chi connectivity index (χ4n) is 3.73. The molecule has 2 unspecified atom stereocenters. The van der Waals surface area contributed by atoms with Crippen molar-refractivity contribution in [2.75, 3.05) is 19.6 Å². The van der Waals surface area contributed by atoms with E-state index in [-0.39, 0.29) is 0 Å². The van der Waals surface area contributed by atoms with Crippen molar-refractivity contribution in [3.8, 4) is 0 Å². The van der Waals surface area contributed by atoms with Gasteiger partial charge < -0.3 is 10.5 Å². The molecule has 0 aromatic heterocycles. The van der Waals surface area contributed by atoms with E-state index >= 15 is 0 Å². The van der Waals surface area contributed by atoms with Crippen molar-refractivity contribution in [1.29, 1.82) is 0 Å². The highest BCUT2D eigenvalue weighted by molar-refractivity contribution is 4.94. The van der Waals surface area contributed by atoms with Crippen molar-refractivity contribution in [2.45, 2.75) is 62.7 Å². The Morgan fingerprint density at radius 2 is 2.00 bits per heavy atom. The molecule has 1 aliphatic carbocycles. The molecule has 2 heterocycles. The molecule has 3 rings (SSSR count). The first-order valence-electron chi connectivity index (χ1n) is 6.92. The van der Waals surface area contributed by atoms with E-state index < -0.39 is 0 Å². The lowest BCUT2D eigenvalue weighted by atomic mass is 9.98. The zero-order valence-corrected chi connectivity index (χ0v) is 10.2. The van der Waals surface area contributed by atoms with Gasteiger partial charge in [0.2, 0.25) is 0 Å². The molecule has 3 fully saturated rings. The summed E-state index contributed by atoms with van der Waals surface area (Å²) in [5, 5.41) is 0. The van der Waals surface area contributed by atoms with Gasteiger partial charge in [-0.05, 0) is 38.6 Å². The minimum Gasteiger partial charge on any atom is -0.370 e. The van der Waals surface area contributed by atoms with Crippen LogP contribution in [0.1, 0.15) is 44.9 Å². The van der Waals surface area contributed by atoms with Crippen molar-refractivity contribution >= 4 is 0 Å². The Morgan fingerprint density at radius 3 is 2.69 bits per heavy atom.